The van der Waals surface area contributed by atoms with Crippen molar-refractivity contribution >= 4 is 28.6 Å². The molecular formula is C11H10ClFN2OS. The number of anilines is 1. The lowest BCUT2D eigenvalue weighted by atomic mass is 10.2. The lowest BCUT2D eigenvalue weighted by Crippen LogP contribution is -2.00. The number of hydrogen-bond acceptors (Lipinski definition) is 4. The number of nitrogens with zero attached hydrogens (tertiary/aromatic N) is 1. The van der Waals surface area contributed by atoms with Gasteiger partial charge in [-0.15, -0.1) is 11.3 Å². The van der Waals surface area contributed by atoms with Crippen molar-refractivity contribution in [2.45, 2.75) is 13.5 Å². The number of aryl methyl sites for hydroxylation is 1. The first kappa shape index (κ1) is 12.1. The predicted octanol–water partition coefficient (Wildman–Crippen LogP) is 3.56. The van der Waals surface area contributed by atoms with Crippen molar-refractivity contribution < 1.29 is 9.50 Å². The van der Waals surface area contributed by atoms with Crippen LogP contribution in [0.2, 0.25) is 4.47 Å². The van der Waals surface area contributed by atoms with Crippen LogP contribution in [0.1, 0.15) is 10.4 Å². The second-order valence-electron chi connectivity index (χ2n) is 3.55. The van der Waals surface area contributed by atoms with E-state index in [4.69, 9.17) is 11.6 Å². The zero-order chi connectivity index (χ0) is 12.4. The molecule has 0 bridgehead atoms. The Bertz CT molecular complexity index is 544. The van der Waals surface area contributed by atoms with E-state index in [1.54, 1.807) is 13.1 Å². The Morgan fingerprint density at radius 2 is 2.29 bits per heavy atom. The van der Waals surface area contributed by atoms with E-state index in [0.717, 1.165) is 4.88 Å². The van der Waals surface area contributed by atoms with E-state index < -0.39 is 5.82 Å². The van der Waals surface area contributed by atoms with Crippen LogP contribution in [-0.4, -0.2) is 10.1 Å². The Labute approximate surface area is 107 Å². The lowest BCUT2D eigenvalue weighted by Gasteiger charge is -2.08. The minimum Gasteiger partial charge on any atom is -0.508 e. The van der Waals surface area contributed by atoms with Gasteiger partial charge in [0.2, 0.25) is 0 Å². The van der Waals surface area contributed by atoms with Gasteiger partial charge in [-0.1, -0.05) is 11.6 Å². The van der Waals surface area contributed by atoms with Gasteiger partial charge < -0.3 is 10.4 Å². The van der Waals surface area contributed by atoms with Gasteiger partial charge in [0.05, 0.1) is 12.2 Å². The summed E-state index contributed by atoms with van der Waals surface area (Å²) in [5.74, 6) is -0.327. The maximum absolute atomic E-state index is 13.5. The molecule has 2 rings (SSSR count). The number of rotatable bonds is 3. The van der Waals surface area contributed by atoms with Crippen LogP contribution in [0.15, 0.2) is 18.3 Å². The SMILES string of the molecule is Cc1cc(F)c(NCc2cnc(Cl)s2)cc1O. The molecule has 0 saturated heterocycles. The van der Waals surface area contributed by atoms with Crippen LogP contribution < -0.4 is 5.32 Å². The van der Waals surface area contributed by atoms with Gasteiger partial charge in [0.25, 0.3) is 0 Å². The number of thiazole rings is 1. The second kappa shape index (κ2) is 4.89. The largest absolute Gasteiger partial charge is 0.508 e. The summed E-state index contributed by atoms with van der Waals surface area (Å²) in [5.41, 5.74) is 0.770. The molecule has 0 amide bonds. The van der Waals surface area contributed by atoms with Gasteiger partial charge in [0.1, 0.15) is 11.6 Å². The molecule has 0 saturated carbocycles. The fraction of sp³-hybridized carbons (Fsp3) is 0.182. The van der Waals surface area contributed by atoms with Gasteiger partial charge in [-0.25, -0.2) is 9.37 Å². The molecule has 2 aromatic rings. The van der Waals surface area contributed by atoms with Crippen molar-refractivity contribution in [2.24, 2.45) is 0 Å². The maximum Gasteiger partial charge on any atom is 0.183 e. The Morgan fingerprint density at radius 3 is 2.94 bits per heavy atom. The van der Waals surface area contributed by atoms with Crippen LogP contribution in [0.5, 0.6) is 5.75 Å². The van der Waals surface area contributed by atoms with Crippen molar-refractivity contribution in [2.75, 3.05) is 5.32 Å². The number of aromatic nitrogens is 1. The zero-order valence-electron chi connectivity index (χ0n) is 9.00. The Kier molecular flexibility index (Phi) is 3.49. The number of benzene rings is 1. The number of halogens is 2. The smallest absolute Gasteiger partial charge is 0.183 e. The molecule has 0 aliphatic carbocycles. The molecule has 0 atom stereocenters. The van der Waals surface area contributed by atoms with Crippen LogP contribution in [0, 0.1) is 12.7 Å². The lowest BCUT2D eigenvalue weighted by molar-refractivity contribution is 0.469. The number of aromatic hydroxyl groups is 1. The fourth-order valence-electron chi connectivity index (χ4n) is 1.34. The first-order valence-electron chi connectivity index (χ1n) is 4.89. The van der Waals surface area contributed by atoms with E-state index in [1.807, 2.05) is 0 Å². The number of phenols is 1. The predicted molar refractivity (Wildman–Crippen MR) is 67.3 cm³/mol. The highest BCUT2D eigenvalue weighted by atomic mass is 35.5. The molecular weight excluding hydrogens is 263 g/mol. The molecule has 0 unspecified atom stereocenters. The molecule has 0 fully saturated rings. The van der Waals surface area contributed by atoms with E-state index in [-0.39, 0.29) is 11.4 Å². The molecule has 1 aromatic heterocycles. The van der Waals surface area contributed by atoms with E-state index in [0.29, 0.717) is 16.6 Å². The minimum atomic E-state index is -0.393. The molecule has 0 aliphatic heterocycles. The van der Waals surface area contributed by atoms with Crippen molar-refractivity contribution in [3.8, 4) is 5.75 Å². The summed E-state index contributed by atoms with van der Waals surface area (Å²) in [6, 6.07) is 2.66. The van der Waals surface area contributed by atoms with Crippen molar-refractivity contribution in [3.63, 3.8) is 0 Å². The third-order valence-corrected chi connectivity index (χ3v) is 3.38. The highest BCUT2D eigenvalue weighted by Gasteiger charge is 2.07. The van der Waals surface area contributed by atoms with Gasteiger partial charge in [-0.3, -0.25) is 0 Å². The first-order chi connectivity index (χ1) is 8.06. The summed E-state index contributed by atoms with van der Waals surface area (Å²) in [4.78, 5) is 4.78. The third kappa shape index (κ3) is 2.87. The summed E-state index contributed by atoms with van der Waals surface area (Å²) in [7, 11) is 0. The molecule has 6 heteroatoms. The van der Waals surface area contributed by atoms with Gasteiger partial charge in [-0.05, 0) is 18.6 Å². The van der Waals surface area contributed by atoms with E-state index in [2.05, 4.69) is 10.3 Å². The van der Waals surface area contributed by atoms with E-state index in [1.165, 1.54) is 23.5 Å². The average molecular weight is 273 g/mol. The highest BCUT2D eigenvalue weighted by molar-refractivity contribution is 7.15. The zero-order valence-corrected chi connectivity index (χ0v) is 10.6. The van der Waals surface area contributed by atoms with Crippen LogP contribution in [0.25, 0.3) is 0 Å². The topological polar surface area (TPSA) is 45.2 Å². The summed E-state index contributed by atoms with van der Waals surface area (Å²) in [6.07, 6.45) is 1.63. The van der Waals surface area contributed by atoms with Crippen LogP contribution in [0.4, 0.5) is 10.1 Å². The van der Waals surface area contributed by atoms with Gasteiger partial charge in [0, 0.05) is 17.1 Å². The molecule has 2 N–H and O–H groups in total. The van der Waals surface area contributed by atoms with Gasteiger partial charge in [-0.2, -0.15) is 0 Å². The Morgan fingerprint density at radius 1 is 1.53 bits per heavy atom. The monoisotopic (exact) mass is 272 g/mol. The van der Waals surface area contributed by atoms with Crippen molar-refractivity contribution in [1.29, 1.82) is 0 Å². The van der Waals surface area contributed by atoms with Gasteiger partial charge in [0.15, 0.2) is 4.47 Å². The minimum absolute atomic E-state index is 0.0660. The summed E-state index contributed by atoms with van der Waals surface area (Å²) in [6.45, 7) is 2.06. The van der Waals surface area contributed by atoms with E-state index >= 15 is 0 Å². The normalized spacial score (nSPS) is 10.5. The molecule has 0 radical (unpaired) electrons. The summed E-state index contributed by atoms with van der Waals surface area (Å²) >= 11 is 7.01. The third-order valence-electron chi connectivity index (χ3n) is 2.26. The standard InChI is InChI=1S/C11H10ClFN2OS/c1-6-2-8(13)9(3-10(6)16)14-4-7-5-15-11(12)17-7/h2-3,5,14,16H,4H2,1H3. The molecule has 0 spiro atoms. The number of phenolic OH excluding ortho intramolecular Hbond substituents is 1. The first-order valence-corrected chi connectivity index (χ1v) is 6.09. The quantitative estimate of drug-likeness (QED) is 0.898. The van der Waals surface area contributed by atoms with Crippen LogP contribution >= 0.6 is 22.9 Å². The number of hydrogen-bond donors (Lipinski definition) is 2. The van der Waals surface area contributed by atoms with Gasteiger partial charge >= 0.3 is 0 Å². The second-order valence-corrected chi connectivity index (χ2v) is 5.25. The summed E-state index contributed by atoms with van der Waals surface area (Å²) in [5, 5.41) is 12.4. The molecule has 0 aliphatic rings. The Hall–Kier alpha value is -1.33. The Balaban J connectivity index is 2.11. The van der Waals surface area contributed by atoms with Crippen LogP contribution in [0.3, 0.4) is 0 Å². The maximum atomic E-state index is 13.5. The molecule has 17 heavy (non-hydrogen) atoms. The summed E-state index contributed by atoms with van der Waals surface area (Å²) < 4.78 is 14.0. The fourth-order valence-corrected chi connectivity index (χ4v) is 2.26. The average Bonchev–Trinajstić information content (AvgIpc) is 2.68. The molecule has 3 nitrogen and oxygen atoms in total. The van der Waals surface area contributed by atoms with Crippen molar-refractivity contribution in [1.82, 2.24) is 4.98 Å². The van der Waals surface area contributed by atoms with Crippen LogP contribution in [-0.2, 0) is 6.54 Å². The molecule has 90 valence electrons. The number of nitrogens with one attached hydrogen (secondary N) is 1. The van der Waals surface area contributed by atoms with Crippen molar-refractivity contribution in [3.05, 3.63) is 39.1 Å². The molecule has 1 heterocycles. The van der Waals surface area contributed by atoms with E-state index in [9.17, 15) is 9.50 Å². The highest BCUT2D eigenvalue weighted by Crippen LogP contribution is 2.26. The molecule has 1 aromatic carbocycles.